The molecule has 0 aromatic rings. The van der Waals surface area contributed by atoms with Crippen LogP contribution in [0.2, 0.25) is 0 Å². The maximum absolute atomic E-state index is 12.7. The molecule has 2 N–H and O–H groups in total. The molecule has 0 unspecified atom stereocenters. The van der Waals surface area contributed by atoms with E-state index in [1.807, 2.05) is 55.4 Å². The van der Waals surface area contributed by atoms with Crippen molar-refractivity contribution in [2.75, 3.05) is 78.7 Å². The van der Waals surface area contributed by atoms with Crippen LogP contribution in [0.25, 0.3) is 0 Å². The molecule has 0 aromatic carbocycles. The minimum Gasteiger partial charge on any atom is -0.459 e. The fourth-order valence-corrected chi connectivity index (χ4v) is 4.42. The first-order valence-corrected chi connectivity index (χ1v) is 13.8. The SMILES string of the molecule is CC(C)(C)OC(=O)CN1CCNCCN([C@@H]2COC(C)(C)OC[C@H]2O)CCN(CC(=O)OC(C)(C)C)CC1. The Morgan fingerprint density at radius 2 is 1.29 bits per heavy atom. The van der Waals surface area contributed by atoms with Crippen molar-refractivity contribution in [3.05, 3.63) is 0 Å². The number of esters is 2. The maximum atomic E-state index is 12.7. The van der Waals surface area contributed by atoms with Crippen molar-refractivity contribution in [2.24, 2.45) is 0 Å². The molecule has 0 amide bonds. The van der Waals surface area contributed by atoms with Gasteiger partial charge in [-0.2, -0.15) is 0 Å². The highest BCUT2D eigenvalue weighted by Crippen LogP contribution is 2.20. The van der Waals surface area contributed by atoms with Gasteiger partial charge in [0.15, 0.2) is 5.79 Å². The molecular formula is C27H52N4O7. The van der Waals surface area contributed by atoms with Crippen molar-refractivity contribution >= 4 is 11.9 Å². The molecule has 11 heteroatoms. The highest BCUT2D eigenvalue weighted by atomic mass is 16.7. The summed E-state index contributed by atoms with van der Waals surface area (Å²) < 4.78 is 22.8. The Bertz CT molecular complexity index is 751. The van der Waals surface area contributed by atoms with Crippen LogP contribution in [0.1, 0.15) is 55.4 Å². The summed E-state index contributed by atoms with van der Waals surface area (Å²) in [5, 5.41) is 14.3. The Morgan fingerprint density at radius 3 is 1.84 bits per heavy atom. The van der Waals surface area contributed by atoms with Crippen LogP contribution in [-0.4, -0.2) is 140 Å². The highest BCUT2D eigenvalue weighted by molar-refractivity contribution is 5.72. The average molecular weight is 545 g/mol. The third kappa shape index (κ3) is 13.1. The number of aliphatic hydroxyl groups excluding tert-OH is 1. The van der Waals surface area contributed by atoms with Crippen molar-refractivity contribution in [3.8, 4) is 0 Å². The molecule has 0 aromatic heterocycles. The molecular weight excluding hydrogens is 492 g/mol. The van der Waals surface area contributed by atoms with Crippen molar-refractivity contribution < 1.29 is 33.6 Å². The van der Waals surface area contributed by atoms with Crippen LogP contribution in [0, 0.1) is 0 Å². The standard InChI is InChI=1S/C27H52N4O7/c1-25(2,3)37-23(33)17-29-11-9-28-10-12-31(21-19-35-27(7,8)36-20-22(21)32)16-15-30(14-13-29)18-24(34)38-26(4,5)6/h21-22,28,32H,9-20H2,1-8H3/t21-,22-/m1/s1. The third-order valence-electron chi connectivity index (χ3n) is 6.28. The summed E-state index contributed by atoms with van der Waals surface area (Å²) >= 11 is 0. The highest BCUT2D eigenvalue weighted by Gasteiger charge is 2.35. The second kappa shape index (κ2) is 14.3. The summed E-state index contributed by atoms with van der Waals surface area (Å²) in [6.45, 7) is 20.9. The number of aliphatic hydroxyl groups is 1. The van der Waals surface area contributed by atoms with Crippen LogP contribution in [0.15, 0.2) is 0 Å². The maximum Gasteiger partial charge on any atom is 0.320 e. The Hall–Kier alpha value is -1.34. The molecule has 2 rings (SSSR count). The molecule has 11 nitrogen and oxygen atoms in total. The average Bonchev–Trinajstić information content (AvgIpc) is 2.87. The summed E-state index contributed by atoms with van der Waals surface area (Å²) in [5.74, 6) is -1.30. The Balaban J connectivity index is 2.13. The molecule has 38 heavy (non-hydrogen) atoms. The monoisotopic (exact) mass is 544 g/mol. The second-order valence-corrected chi connectivity index (χ2v) is 12.7. The predicted molar refractivity (Wildman–Crippen MR) is 145 cm³/mol. The second-order valence-electron chi connectivity index (χ2n) is 12.7. The van der Waals surface area contributed by atoms with E-state index in [4.69, 9.17) is 18.9 Å². The summed E-state index contributed by atoms with van der Waals surface area (Å²) in [6.07, 6.45) is -0.687. The summed E-state index contributed by atoms with van der Waals surface area (Å²) in [5.41, 5.74) is -1.11. The number of hydrogen-bond acceptors (Lipinski definition) is 11. The molecule has 0 aliphatic carbocycles. The van der Waals surface area contributed by atoms with Crippen LogP contribution in [0.5, 0.6) is 0 Å². The minimum atomic E-state index is -0.749. The number of carbonyl (C=O) groups excluding carboxylic acids is 2. The molecule has 2 aliphatic rings. The lowest BCUT2D eigenvalue weighted by molar-refractivity contribution is -0.204. The van der Waals surface area contributed by atoms with Gasteiger partial charge < -0.3 is 29.4 Å². The largest absolute Gasteiger partial charge is 0.459 e. The van der Waals surface area contributed by atoms with Gasteiger partial charge in [-0.25, -0.2) is 0 Å². The van der Waals surface area contributed by atoms with Crippen LogP contribution in [-0.2, 0) is 28.5 Å². The molecule has 2 atom stereocenters. The van der Waals surface area contributed by atoms with Gasteiger partial charge in [0.25, 0.3) is 0 Å². The number of hydrogen-bond donors (Lipinski definition) is 2. The molecule has 0 saturated carbocycles. The van der Waals surface area contributed by atoms with Gasteiger partial charge in [-0.3, -0.25) is 24.3 Å². The van der Waals surface area contributed by atoms with Crippen LogP contribution >= 0.6 is 0 Å². The van der Waals surface area contributed by atoms with E-state index in [0.717, 1.165) is 0 Å². The molecule has 222 valence electrons. The van der Waals surface area contributed by atoms with Crippen molar-refractivity contribution in [1.82, 2.24) is 20.0 Å². The van der Waals surface area contributed by atoms with E-state index in [1.54, 1.807) is 0 Å². The van der Waals surface area contributed by atoms with E-state index in [1.165, 1.54) is 0 Å². The quantitative estimate of drug-likeness (QED) is 0.477. The number of nitrogens with one attached hydrogen (secondary N) is 1. The van der Waals surface area contributed by atoms with Crippen LogP contribution < -0.4 is 5.32 Å². The third-order valence-corrected chi connectivity index (χ3v) is 6.28. The van der Waals surface area contributed by atoms with Gasteiger partial charge in [0.1, 0.15) is 11.2 Å². The molecule has 0 bridgehead atoms. The normalized spacial score (nSPS) is 26.0. The zero-order chi connectivity index (χ0) is 28.6. The van der Waals surface area contributed by atoms with Gasteiger partial charge >= 0.3 is 11.9 Å². The van der Waals surface area contributed by atoms with Gasteiger partial charge in [-0.05, 0) is 55.4 Å². The van der Waals surface area contributed by atoms with Crippen molar-refractivity contribution in [3.63, 3.8) is 0 Å². The van der Waals surface area contributed by atoms with E-state index < -0.39 is 23.1 Å². The topological polar surface area (TPSA) is 113 Å². The lowest BCUT2D eigenvalue weighted by Gasteiger charge is -2.36. The zero-order valence-corrected chi connectivity index (χ0v) is 24.9. The molecule has 2 heterocycles. The number of ether oxygens (including phenoxy) is 4. The zero-order valence-electron chi connectivity index (χ0n) is 24.9. The number of carbonyl (C=O) groups is 2. The Labute approximate surface area is 229 Å². The van der Waals surface area contributed by atoms with E-state index in [-0.39, 0.29) is 37.7 Å². The van der Waals surface area contributed by atoms with E-state index >= 15 is 0 Å². The van der Waals surface area contributed by atoms with Gasteiger partial charge in [0, 0.05) is 52.4 Å². The lowest BCUT2D eigenvalue weighted by atomic mass is 10.1. The first-order chi connectivity index (χ1) is 17.5. The molecule has 2 fully saturated rings. The molecule has 0 radical (unpaired) electrons. The first-order valence-electron chi connectivity index (χ1n) is 13.8. The Morgan fingerprint density at radius 1 is 0.816 bits per heavy atom. The van der Waals surface area contributed by atoms with Crippen molar-refractivity contribution in [1.29, 1.82) is 0 Å². The molecule has 2 saturated heterocycles. The van der Waals surface area contributed by atoms with E-state index in [0.29, 0.717) is 59.0 Å². The summed E-state index contributed by atoms with van der Waals surface area (Å²) in [7, 11) is 0. The fraction of sp³-hybridized carbons (Fsp3) is 0.926. The van der Waals surface area contributed by atoms with Gasteiger partial charge in [-0.15, -0.1) is 0 Å². The van der Waals surface area contributed by atoms with Gasteiger partial charge in [0.05, 0.1) is 38.4 Å². The van der Waals surface area contributed by atoms with Crippen molar-refractivity contribution in [2.45, 2.75) is 84.5 Å². The first kappa shape index (κ1) is 32.9. The van der Waals surface area contributed by atoms with Gasteiger partial charge in [0.2, 0.25) is 0 Å². The van der Waals surface area contributed by atoms with E-state index in [9.17, 15) is 14.7 Å². The van der Waals surface area contributed by atoms with E-state index in [2.05, 4.69) is 20.0 Å². The number of nitrogens with zero attached hydrogens (tertiary/aromatic N) is 3. The number of rotatable bonds is 5. The van der Waals surface area contributed by atoms with Crippen LogP contribution in [0.4, 0.5) is 0 Å². The Kier molecular flexibility index (Phi) is 12.4. The summed E-state index contributed by atoms with van der Waals surface area (Å²) in [6, 6.07) is -0.228. The lowest BCUT2D eigenvalue weighted by Crippen LogP contribution is -2.53. The van der Waals surface area contributed by atoms with Gasteiger partial charge in [-0.1, -0.05) is 0 Å². The van der Waals surface area contributed by atoms with Crippen LogP contribution in [0.3, 0.4) is 0 Å². The predicted octanol–water partition coefficient (Wildman–Crippen LogP) is 0.691. The molecule has 2 aliphatic heterocycles. The minimum absolute atomic E-state index is 0.142. The molecule has 0 spiro atoms. The smallest absolute Gasteiger partial charge is 0.320 e. The summed E-state index contributed by atoms with van der Waals surface area (Å²) in [4.78, 5) is 31.6. The fourth-order valence-electron chi connectivity index (χ4n) is 4.42.